The first-order valence-corrected chi connectivity index (χ1v) is 12.1. The van der Waals surface area contributed by atoms with E-state index in [1.165, 1.54) is 10.00 Å². The first kappa shape index (κ1) is 21.9. The van der Waals surface area contributed by atoms with Gasteiger partial charge in [0, 0.05) is 45.1 Å². The number of likely N-dealkylation sites (tertiary alicyclic amines) is 1. The van der Waals surface area contributed by atoms with Crippen LogP contribution in [0, 0.1) is 0 Å². The summed E-state index contributed by atoms with van der Waals surface area (Å²) in [6, 6.07) is 10.8. The molecule has 2 aliphatic rings. The maximum atomic E-state index is 12.9. The molecule has 1 aromatic carbocycles. The molecule has 2 aliphatic heterocycles. The second kappa shape index (κ2) is 9.02. The molecule has 0 bridgehead atoms. The SMILES string of the molecule is COc1ccc(S(=O)(=O)N2CCN(C(=O)CN3CCC[C@@H]3c3cccn3C)CC2)cc1. The van der Waals surface area contributed by atoms with Gasteiger partial charge >= 0.3 is 0 Å². The zero-order valence-electron chi connectivity index (χ0n) is 18.1. The lowest BCUT2D eigenvalue weighted by Crippen LogP contribution is -2.52. The predicted molar refractivity (Wildman–Crippen MR) is 117 cm³/mol. The number of carbonyl (C=O) groups excluding carboxylic acids is 1. The van der Waals surface area contributed by atoms with Crippen molar-refractivity contribution in [2.45, 2.75) is 23.8 Å². The molecule has 1 aromatic heterocycles. The van der Waals surface area contributed by atoms with E-state index in [4.69, 9.17) is 4.74 Å². The van der Waals surface area contributed by atoms with E-state index in [1.807, 2.05) is 19.3 Å². The number of sulfonamides is 1. The van der Waals surface area contributed by atoms with Gasteiger partial charge in [0.15, 0.2) is 0 Å². The molecule has 0 saturated carbocycles. The number of aryl methyl sites for hydroxylation is 1. The summed E-state index contributed by atoms with van der Waals surface area (Å²) < 4.78 is 34.5. The molecular formula is C22H30N4O4S. The van der Waals surface area contributed by atoms with Crippen LogP contribution < -0.4 is 4.74 Å². The molecule has 8 nitrogen and oxygen atoms in total. The van der Waals surface area contributed by atoms with E-state index in [0.29, 0.717) is 38.5 Å². The van der Waals surface area contributed by atoms with E-state index >= 15 is 0 Å². The minimum atomic E-state index is -3.58. The van der Waals surface area contributed by atoms with Crippen molar-refractivity contribution in [1.82, 2.24) is 18.7 Å². The number of amides is 1. The van der Waals surface area contributed by atoms with E-state index in [9.17, 15) is 13.2 Å². The van der Waals surface area contributed by atoms with Crippen LogP contribution in [-0.4, -0.2) is 79.4 Å². The largest absolute Gasteiger partial charge is 0.497 e. The van der Waals surface area contributed by atoms with Gasteiger partial charge in [0.1, 0.15) is 5.75 Å². The number of carbonyl (C=O) groups is 1. The Hall–Kier alpha value is -2.36. The lowest BCUT2D eigenvalue weighted by atomic mass is 10.1. The molecule has 0 unspecified atom stereocenters. The summed E-state index contributed by atoms with van der Waals surface area (Å²) in [6.45, 7) is 2.73. The van der Waals surface area contributed by atoms with Crippen LogP contribution in [0.3, 0.4) is 0 Å². The van der Waals surface area contributed by atoms with Crippen molar-refractivity contribution in [3.05, 3.63) is 48.3 Å². The van der Waals surface area contributed by atoms with Crippen LogP contribution in [0.1, 0.15) is 24.6 Å². The Morgan fingerprint density at radius 2 is 1.77 bits per heavy atom. The van der Waals surface area contributed by atoms with Crippen molar-refractivity contribution in [2.75, 3.05) is 46.4 Å². The molecule has 0 radical (unpaired) electrons. The van der Waals surface area contributed by atoms with Crippen LogP contribution in [0.2, 0.25) is 0 Å². The summed E-state index contributed by atoms with van der Waals surface area (Å²) >= 11 is 0. The van der Waals surface area contributed by atoms with Gasteiger partial charge in [0.2, 0.25) is 15.9 Å². The number of piperazine rings is 1. The molecule has 1 atom stereocenters. The number of hydrogen-bond acceptors (Lipinski definition) is 5. The van der Waals surface area contributed by atoms with Gasteiger partial charge in [-0.15, -0.1) is 0 Å². The van der Waals surface area contributed by atoms with Crippen LogP contribution in [0.15, 0.2) is 47.5 Å². The third-order valence-electron chi connectivity index (χ3n) is 6.32. The quantitative estimate of drug-likeness (QED) is 0.675. The van der Waals surface area contributed by atoms with Crippen LogP contribution >= 0.6 is 0 Å². The van der Waals surface area contributed by atoms with E-state index in [2.05, 4.69) is 15.5 Å². The molecule has 0 spiro atoms. The van der Waals surface area contributed by atoms with Crippen molar-refractivity contribution in [1.29, 1.82) is 0 Å². The van der Waals surface area contributed by atoms with Gasteiger partial charge in [-0.1, -0.05) is 0 Å². The minimum Gasteiger partial charge on any atom is -0.497 e. The smallest absolute Gasteiger partial charge is 0.243 e. The van der Waals surface area contributed by atoms with Crippen molar-refractivity contribution in [3.8, 4) is 5.75 Å². The number of ether oxygens (including phenoxy) is 1. The Labute approximate surface area is 184 Å². The summed E-state index contributed by atoms with van der Waals surface area (Å²) in [7, 11) is 0.00837. The van der Waals surface area contributed by atoms with Gasteiger partial charge in [-0.25, -0.2) is 8.42 Å². The molecule has 4 rings (SSSR count). The van der Waals surface area contributed by atoms with Gasteiger partial charge in [-0.2, -0.15) is 4.31 Å². The van der Waals surface area contributed by atoms with E-state index < -0.39 is 10.0 Å². The average Bonchev–Trinajstić information content (AvgIpc) is 3.42. The highest BCUT2D eigenvalue weighted by molar-refractivity contribution is 7.89. The number of benzene rings is 1. The number of nitrogens with zero attached hydrogens (tertiary/aromatic N) is 4. The highest BCUT2D eigenvalue weighted by atomic mass is 32.2. The van der Waals surface area contributed by atoms with Crippen molar-refractivity contribution >= 4 is 15.9 Å². The van der Waals surface area contributed by atoms with Crippen LogP contribution in [-0.2, 0) is 21.9 Å². The fraction of sp³-hybridized carbons (Fsp3) is 0.500. The van der Waals surface area contributed by atoms with Gasteiger partial charge in [-0.05, 0) is 55.8 Å². The second-order valence-electron chi connectivity index (χ2n) is 8.13. The topological polar surface area (TPSA) is 75.1 Å². The Bertz CT molecular complexity index is 1010. The number of hydrogen-bond donors (Lipinski definition) is 0. The normalized spacial score (nSPS) is 20.8. The lowest BCUT2D eigenvalue weighted by Gasteiger charge is -2.35. The number of methoxy groups -OCH3 is 1. The summed E-state index contributed by atoms with van der Waals surface area (Å²) in [5.74, 6) is 0.688. The van der Waals surface area contributed by atoms with Crippen molar-refractivity contribution in [3.63, 3.8) is 0 Å². The molecule has 2 saturated heterocycles. The van der Waals surface area contributed by atoms with E-state index in [0.717, 1.165) is 19.4 Å². The van der Waals surface area contributed by atoms with E-state index in [1.54, 1.807) is 36.3 Å². The van der Waals surface area contributed by atoms with Crippen LogP contribution in [0.25, 0.3) is 0 Å². The lowest BCUT2D eigenvalue weighted by molar-refractivity contribution is -0.133. The Morgan fingerprint density at radius 3 is 2.39 bits per heavy atom. The molecule has 9 heteroatoms. The van der Waals surface area contributed by atoms with Crippen molar-refractivity contribution < 1.29 is 17.9 Å². The molecule has 31 heavy (non-hydrogen) atoms. The number of aromatic nitrogens is 1. The van der Waals surface area contributed by atoms with Crippen LogP contribution in [0.5, 0.6) is 5.75 Å². The Kier molecular flexibility index (Phi) is 6.36. The number of rotatable bonds is 6. The zero-order chi connectivity index (χ0) is 22.0. The summed E-state index contributed by atoms with van der Waals surface area (Å²) in [4.78, 5) is 17.2. The Morgan fingerprint density at radius 1 is 1.06 bits per heavy atom. The standard InChI is InChI=1S/C22H30N4O4S/c1-23-11-3-5-20(23)21-6-4-12-25(21)17-22(27)24-13-15-26(16-14-24)31(28,29)19-9-7-18(30-2)8-10-19/h3,5,7-11,21H,4,6,12-17H2,1-2H3/t21-/m1/s1. The van der Waals surface area contributed by atoms with Gasteiger partial charge in [-0.3, -0.25) is 9.69 Å². The summed E-state index contributed by atoms with van der Waals surface area (Å²) in [5, 5.41) is 0. The second-order valence-corrected chi connectivity index (χ2v) is 10.1. The first-order chi connectivity index (χ1) is 14.9. The molecule has 2 fully saturated rings. The molecule has 0 aliphatic carbocycles. The molecular weight excluding hydrogens is 416 g/mol. The molecule has 0 N–H and O–H groups in total. The molecule has 168 valence electrons. The van der Waals surface area contributed by atoms with Gasteiger partial charge in [0.05, 0.1) is 24.6 Å². The van der Waals surface area contributed by atoms with E-state index in [-0.39, 0.29) is 16.8 Å². The molecule has 1 amide bonds. The fourth-order valence-electron chi connectivity index (χ4n) is 4.52. The molecule has 2 aromatic rings. The average molecular weight is 447 g/mol. The third kappa shape index (κ3) is 4.49. The van der Waals surface area contributed by atoms with Gasteiger partial charge < -0.3 is 14.2 Å². The maximum absolute atomic E-state index is 12.9. The monoisotopic (exact) mass is 446 g/mol. The maximum Gasteiger partial charge on any atom is 0.243 e. The van der Waals surface area contributed by atoms with Gasteiger partial charge in [0.25, 0.3) is 0 Å². The van der Waals surface area contributed by atoms with Crippen LogP contribution in [0.4, 0.5) is 0 Å². The first-order valence-electron chi connectivity index (χ1n) is 10.7. The predicted octanol–water partition coefficient (Wildman–Crippen LogP) is 1.70. The molecule has 3 heterocycles. The summed E-state index contributed by atoms with van der Waals surface area (Å²) in [5.41, 5.74) is 1.24. The Balaban J connectivity index is 1.35. The van der Waals surface area contributed by atoms with Crippen molar-refractivity contribution in [2.24, 2.45) is 7.05 Å². The highest BCUT2D eigenvalue weighted by Crippen LogP contribution is 2.31. The minimum absolute atomic E-state index is 0.0719. The third-order valence-corrected chi connectivity index (χ3v) is 8.23. The fourth-order valence-corrected chi connectivity index (χ4v) is 5.94. The zero-order valence-corrected chi connectivity index (χ0v) is 18.9. The summed E-state index contributed by atoms with van der Waals surface area (Å²) in [6.07, 6.45) is 4.17. The highest BCUT2D eigenvalue weighted by Gasteiger charge is 2.33.